The maximum absolute atomic E-state index is 12.8. The van der Waals surface area contributed by atoms with Crippen LogP contribution in [0.15, 0.2) is 73.2 Å². The molecule has 38 heavy (non-hydrogen) atoms. The molecule has 4 aromatic rings. The standard InChI is InChI=1S/C29H33N5O4/c1-19-23-11-14-34(28(23)33-18-32-19)25-16-24(26(35)27(25)36)29(37)31-13-6-12-30-17-20-7-5-10-22(15-20)38-21-8-3-2-4-9-21/h2-5,7-11,14-15,18,24-27,30,35-36H,6,12-13,16-17H2,1H3,(H,31,37)/t24-,25+,26+,27-/m0/s1. The molecule has 2 aromatic heterocycles. The second kappa shape index (κ2) is 11.7. The van der Waals surface area contributed by atoms with E-state index in [1.54, 1.807) is 0 Å². The molecule has 0 aliphatic heterocycles. The Bertz CT molecular complexity index is 1380. The highest BCUT2D eigenvalue weighted by atomic mass is 16.5. The van der Waals surface area contributed by atoms with Crippen LogP contribution in [0.2, 0.25) is 0 Å². The third-order valence-electron chi connectivity index (χ3n) is 7.09. The van der Waals surface area contributed by atoms with Crippen molar-refractivity contribution >= 4 is 16.9 Å². The van der Waals surface area contributed by atoms with E-state index in [1.807, 2.05) is 78.4 Å². The number of aliphatic hydroxyl groups is 2. The summed E-state index contributed by atoms with van der Waals surface area (Å²) in [6.07, 6.45) is 2.20. The number of nitrogens with one attached hydrogen (secondary N) is 2. The average molecular weight is 516 g/mol. The van der Waals surface area contributed by atoms with Crippen LogP contribution in [0, 0.1) is 12.8 Å². The lowest BCUT2D eigenvalue weighted by Gasteiger charge is -2.18. The van der Waals surface area contributed by atoms with Crippen molar-refractivity contribution in [3.05, 3.63) is 84.4 Å². The van der Waals surface area contributed by atoms with Gasteiger partial charge in [0.25, 0.3) is 0 Å². The summed E-state index contributed by atoms with van der Waals surface area (Å²) in [7, 11) is 0. The predicted octanol–water partition coefficient (Wildman–Crippen LogP) is 3.11. The second-order valence-electron chi connectivity index (χ2n) is 9.69. The molecule has 1 amide bonds. The van der Waals surface area contributed by atoms with Crippen molar-refractivity contribution in [2.24, 2.45) is 5.92 Å². The zero-order valence-corrected chi connectivity index (χ0v) is 21.3. The van der Waals surface area contributed by atoms with E-state index in [9.17, 15) is 15.0 Å². The summed E-state index contributed by atoms with van der Waals surface area (Å²) in [6.45, 7) is 3.78. The minimum atomic E-state index is -1.14. The van der Waals surface area contributed by atoms with Crippen LogP contribution in [0.25, 0.3) is 11.0 Å². The largest absolute Gasteiger partial charge is 0.457 e. The molecule has 9 heteroatoms. The molecule has 4 atom stereocenters. The Kier molecular flexibility index (Phi) is 7.97. The van der Waals surface area contributed by atoms with Crippen molar-refractivity contribution < 1.29 is 19.7 Å². The lowest BCUT2D eigenvalue weighted by Crippen LogP contribution is -2.39. The van der Waals surface area contributed by atoms with E-state index in [1.165, 1.54) is 6.33 Å². The number of rotatable bonds is 10. The van der Waals surface area contributed by atoms with E-state index in [0.717, 1.165) is 41.1 Å². The number of hydrogen-bond donors (Lipinski definition) is 4. The Labute approximate surface area is 221 Å². The number of aryl methyl sites for hydroxylation is 1. The fourth-order valence-electron chi connectivity index (χ4n) is 5.04. The average Bonchev–Trinajstić information content (AvgIpc) is 3.48. The normalized spacial score (nSPS) is 21.0. The molecule has 2 heterocycles. The van der Waals surface area contributed by atoms with Gasteiger partial charge >= 0.3 is 0 Å². The van der Waals surface area contributed by atoms with Crippen LogP contribution in [0.4, 0.5) is 0 Å². The number of ether oxygens (including phenoxy) is 1. The van der Waals surface area contributed by atoms with E-state index in [4.69, 9.17) is 4.74 Å². The number of carbonyl (C=O) groups excluding carboxylic acids is 1. The summed E-state index contributed by atoms with van der Waals surface area (Å²) >= 11 is 0. The monoisotopic (exact) mass is 515 g/mol. The molecule has 0 bridgehead atoms. The molecule has 0 radical (unpaired) electrons. The van der Waals surface area contributed by atoms with Crippen molar-refractivity contribution in [2.45, 2.75) is 44.6 Å². The fraction of sp³-hybridized carbons (Fsp3) is 0.345. The number of para-hydroxylation sites is 1. The number of amides is 1. The Balaban J connectivity index is 1.06. The zero-order chi connectivity index (χ0) is 26.5. The molecule has 1 saturated carbocycles. The molecule has 2 aromatic carbocycles. The highest BCUT2D eigenvalue weighted by Gasteiger charge is 2.46. The number of fused-ring (bicyclic) bond motifs is 1. The Morgan fingerprint density at radius 1 is 1.03 bits per heavy atom. The molecular weight excluding hydrogens is 482 g/mol. The van der Waals surface area contributed by atoms with Gasteiger partial charge in [0.1, 0.15) is 29.6 Å². The van der Waals surface area contributed by atoms with Gasteiger partial charge in [0.15, 0.2) is 0 Å². The molecule has 4 N–H and O–H groups in total. The summed E-state index contributed by atoms with van der Waals surface area (Å²) in [5.41, 5.74) is 2.64. The highest BCUT2D eigenvalue weighted by Crippen LogP contribution is 2.37. The van der Waals surface area contributed by atoms with Gasteiger partial charge in [-0.1, -0.05) is 30.3 Å². The van der Waals surface area contributed by atoms with Gasteiger partial charge in [-0.25, -0.2) is 9.97 Å². The number of carbonyl (C=O) groups is 1. The third kappa shape index (κ3) is 5.70. The first-order valence-corrected chi connectivity index (χ1v) is 13.0. The SMILES string of the molecule is Cc1ncnc2c1ccn2[C@@H]1C[C@H](C(=O)NCCCNCc2cccc(Oc3ccccc3)c2)[C@@H](O)[C@H]1O. The first-order chi connectivity index (χ1) is 18.5. The van der Waals surface area contributed by atoms with Gasteiger partial charge in [-0.2, -0.15) is 0 Å². The Hall–Kier alpha value is -3.79. The maximum atomic E-state index is 12.8. The van der Waals surface area contributed by atoms with Crippen LogP contribution in [0.3, 0.4) is 0 Å². The van der Waals surface area contributed by atoms with Gasteiger partial charge in [0.05, 0.1) is 23.8 Å². The van der Waals surface area contributed by atoms with Crippen molar-refractivity contribution in [1.82, 2.24) is 25.2 Å². The summed E-state index contributed by atoms with van der Waals surface area (Å²) in [5, 5.41) is 28.5. The lowest BCUT2D eigenvalue weighted by molar-refractivity contribution is -0.128. The molecule has 1 fully saturated rings. The van der Waals surface area contributed by atoms with Crippen molar-refractivity contribution in [3.63, 3.8) is 0 Å². The van der Waals surface area contributed by atoms with Gasteiger partial charge in [0, 0.05) is 24.7 Å². The Morgan fingerprint density at radius 2 is 1.84 bits per heavy atom. The van der Waals surface area contributed by atoms with Gasteiger partial charge < -0.3 is 30.2 Å². The molecule has 0 saturated heterocycles. The molecular formula is C29H33N5O4. The lowest BCUT2D eigenvalue weighted by atomic mass is 10.0. The van der Waals surface area contributed by atoms with E-state index < -0.39 is 24.2 Å². The van der Waals surface area contributed by atoms with E-state index in [2.05, 4.69) is 20.6 Å². The fourth-order valence-corrected chi connectivity index (χ4v) is 5.04. The van der Waals surface area contributed by atoms with Gasteiger partial charge in [-0.15, -0.1) is 0 Å². The molecule has 0 spiro atoms. The van der Waals surface area contributed by atoms with Crippen LogP contribution >= 0.6 is 0 Å². The smallest absolute Gasteiger partial charge is 0.225 e. The highest BCUT2D eigenvalue weighted by molar-refractivity contribution is 5.80. The number of benzene rings is 2. The third-order valence-corrected chi connectivity index (χ3v) is 7.09. The van der Waals surface area contributed by atoms with Crippen molar-refractivity contribution in [2.75, 3.05) is 13.1 Å². The summed E-state index contributed by atoms with van der Waals surface area (Å²) in [4.78, 5) is 21.4. The summed E-state index contributed by atoms with van der Waals surface area (Å²) < 4.78 is 7.73. The molecule has 9 nitrogen and oxygen atoms in total. The first-order valence-electron chi connectivity index (χ1n) is 13.0. The number of aromatic nitrogens is 3. The first kappa shape index (κ1) is 25.8. The number of aliphatic hydroxyl groups excluding tert-OH is 2. The maximum Gasteiger partial charge on any atom is 0.225 e. The van der Waals surface area contributed by atoms with E-state index in [0.29, 0.717) is 25.2 Å². The van der Waals surface area contributed by atoms with Crippen LogP contribution in [-0.2, 0) is 11.3 Å². The minimum absolute atomic E-state index is 0.243. The van der Waals surface area contributed by atoms with E-state index in [-0.39, 0.29) is 5.91 Å². The summed E-state index contributed by atoms with van der Waals surface area (Å²) in [6, 6.07) is 19.1. The van der Waals surface area contributed by atoms with Crippen LogP contribution in [0.5, 0.6) is 11.5 Å². The van der Waals surface area contributed by atoms with Crippen LogP contribution in [-0.4, -0.2) is 56.0 Å². The quantitative estimate of drug-likeness (QED) is 0.240. The van der Waals surface area contributed by atoms with Crippen molar-refractivity contribution in [1.29, 1.82) is 0 Å². The minimum Gasteiger partial charge on any atom is -0.457 e. The topological polar surface area (TPSA) is 122 Å². The predicted molar refractivity (Wildman–Crippen MR) is 144 cm³/mol. The Morgan fingerprint density at radius 3 is 2.68 bits per heavy atom. The second-order valence-corrected chi connectivity index (χ2v) is 9.69. The molecule has 5 rings (SSSR count). The van der Waals surface area contributed by atoms with E-state index >= 15 is 0 Å². The van der Waals surface area contributed by atoms with Gasteiger partial charge in [-0.05, 0) is 62.2 Å². The van der Waals surface area contributed by atoms with Crippen molar-refractivity contribution in [3.8, 4) is 11.5 Å². The van der Waals surface area contributed by atoms with Gasteiger partial charge in [-0.3, -0.25) is 4.79 Å². The molecule has 1 aliphatic carbocycles. The molecule has 198 valence electrons. The molecule has 1 aliphatic rings. The summed E-state index contributed by atoms with van der Waals surface area (Å²) in [5.74, 6) is 0.655. The zero-order valence-electron chi connectivity index (χ0n) is 21.3. The number of hydrogen-bond acceptors (Lipinski definition) is 7. The van der Waals surface area contributed by atoms with Gasteiger partial charge in [0.2, 0.25) is 5.91 Å². The van der Waals surface area contributed by atoms with Crippen LogP contribution in [0.1, 0.15) is 30.1 Å². The molecule has 0 unspecified atom stereocenters. The number of nitrogens with zero attached hydrogens (tertiary/aromatic N) is 3. The van der Waals surface area contributed by atoms with Crippen LogP contribution < -0.4 is 15.4 Å².